The van der Waals surface area contributed by atoms with E-state index in [1.54, 1.807) is 0 Å². The SMILES string of the molecule is C=C/C=C\C(=C/C(C)C/C=C/C)CC. The zero-order chi connectivity index (χ0) is 10.8. The first-order valence-electron chi connectivity index (χ1n) is 5.35. The summed E-state index contributed by atoms with van der Waals surface area (Å²) in [5.41, 5.74) is 1.39. The van der Waals surface area contributed by atoms with Crippen molar-refractivity contribution in [1.29, 1.82) is 0 Å². The molecule has 0 heterocycles. The maximum atomic E-state index is 3.67. The first kappa shape index (κ1) is 13.0. The maximum absolute atomic E-state index is 3.67. The molecule has 0 rings (SSSR count). The number of hydrogen-bond donors (Lipinski definition) is 0. The topological polar surface area (TPSA) is 0 Å². The summed E-state index contributed by atoms with van der Waals surface area (Å²) in [6.45, 7) is 10.2. The van der Waals surface area contributed by atoms with E-state index in [9.17, 15) is 0 Å². The molecule has 0 aromatic heterocycles. The van der Waals surface area contributed by atoms with E-state index < -0.39 is 0 Å². The van der Waals surface area contributed by atoms with E-state index in [0.29, 0.717) is 5.92 Å². The highest BCUT2D eigenvalue weighted by molar-refractivity contribution is 5.22. The average molecular weight is 190 g/mol. The van der Waals surface area contributed by atoms with E-state index >= 15 is 0 Å². The number of hydrogen-bond acceptors (Lipinski definition) is 0. The molecule has 0 saturated carbocycles. The van der Waals surface area contributed by atoms with Gasteiger partial charge in [0.05, 0.1) is 0 Å². The molecule has 0 aromatic carbocycles. The Bertz CT molecular complexity index is 228. The minimum Gasteiger partial charge on any atom is -0.0991 e. The summed E-state index contributed by atoms with van der Waals surface area (Å²) in [6.07, 6.45) is 14.8. The van der Waals surface area contributed by atoms with E-state index in [-0.39, 0.29) is 0 Å². The van der Waals surface area contributed by atoms with Gasteiger partial charge in [-0.2, -0.15) is 0 Å². The lowest BCUT2D eigenvalue weighted by molar-refractivity contribution is 0.735. The molecule has 0 spiro atoms. The number of allylic oxidation sites excluding steroid dienone is 7. The third kappa shape index (κ3) is 6.47. The summed E-state index contributed by atoms with van der Waals surface area (Å²) in [5.74, 6) is 0.621. The van der Waals surface area contributed by atoms with Gasteiger partial charge in [0.2, 0.25) is 0 Å². The largest absolute Gasteiger partial charge is 0.0991 e. The molecule has 1 unspecified atom stereocenters. The monoisotopic (exact) mass is 190 g/mol. The van der Waals surface area contributed by atoms with Crippen LogP contribution in [0.2, 0.25) is 0 Å². The van der Waals surface area contributed by atoms with Crippen molar-refractivity contribution >= 4 is 0 Å². The molecule has 14 heavy (non-hydrogen) atoms. The lowest BCUT2D eigenvalue weighted by Crippen LogP contribution is -1.89. The predicted molar refractivity (Wildman–Crippen MR) is 66.3 cm³/mol. The van der Waals surface area contributed by atoms with Gasteiger partial charge in [-0.3, -0.25) is 0 Å². The standard InChI is InChI=1S/C14H22/c1-5-8-10-13(4)12-14(7-3)11-9-6-2/h5-6,8-9,11-13H,2,7,10H2,1,3-4H3/b8-5+,11-9-,14-12-. The fourth-order valence-corrected chi connectivity index (χ4v) is 1.27. The van der Waals surface area contributed by atoms with E-state index in [2.05, 4.69) is 51.7 Å². The summed E-state index contributed by atoms with van der Waals surface area (Å²) in [6, 6.07) is 0. The molecule has 0 radical (unpaired) electrons. The van der Waals surface area contributed by atoms with Gasteiger partial charge in [0.15, 0.2) is 0 Å². The molecule has 0 aromatic rings. The first-order chi connectivity index (χ1) is 6.74. The molecule has 0 aliphatic carbocycles. The highest BCUT2D eigenvalue weighted by atomic mass is 14.0. The third-order valence-corrected chi connectivity index (χ3v) is 2.10. The van der Waals surface area contributed by atoms with Gasteiger partial charge in [0, 0.05) is 0 Å². The van der Waals surface area contributed by atoms with Gasteiger partial charge < -0.3 is 0 Å². The molecule has 0 fully saturated rings. The van der Waals surface area contributed by atoms with Crippen LogP contribution in [0, 0.1) is 5.92 Å². The average Bonchev–Trinajstić information content (AvgIpc) is 2.21. The highest BCUT2D eigenvalue weighted by Gasteiger charge is 1.95. The van der Waals surface area contributed by atoms with Crippen LogP contribution < -0.4 is 0 Å². The van der Waals surface area contributed by atoms with Crippen LogP contribution in [0.25, 0.3) is 0 Å². The van der Waals surface area contributed by atoms with Gasteiger partial charge in [-0.1, -0.05) is 62.5 Å². The Balaban J connectivity index is 4.26. The second kappa shape index (κ2) is 8.55. The van der Waals surface area contributed by atoms with Crippen LogP contribution in [0.15, 0.2) is 48.6 Å². The van der Waals surface area contributed by atoms with Crippen LogP contribution in [0.1, 0.15) is 33.6 Å². The third-order valence-electron chi connectivity index (χ3n) is 2.10. The Labute approximate surface area is 88.7 Å². The van der Waals surface area contributed by atoms with Crippen molar-refractivity contribution in [3.63, 3.8) is 0 Å². The van der Waals surface area contributed by atoms with Gasteiger partial charge in [-0.05, 0) is 25.7 Å². The molecular formula is C14H22. The molecule has 1 atom stereocenters. The molecular weight excluding hydrogens is 168 g/mol. The number of rotatable bonds is 6. The van der Waals surface area contributed by atoms with Crippen molar-refractivity contribution in [3.05, 3.63) is 48.6 Å². The van der Waals surface area contributed by atoms with Crippen molar-refractivity contribution in [1.82, 2.24) is 0 Å². The lowest BCUT2D eigenvalue weighted by atomic mass is 10.0. The van der Waals surface area contributed by atoms with Crippen molar-refractivity contribution in [2.45, 2.75) is 33.6 Å². The second-order valence-corrected chi connectivity index (χ2v) is 3.47. The van der Waals surface area contributed by atoms with Crippen molar-refractivity contribution < 1.29 is 0 Å². The zero-order valence-electron chi connectivity index (χ0n) is 9.66. The fourth-order valence-electron chi connectivity index (χ4n) is 1.27. The molecule has 0 nitrogen and oxygen atoms in total. The van der Waals surface area contributed by atoms with E-state index in [1.165, 1.54) is 5.57 Å². The lowest BCUT2D eigenvalue weighted by Gasteiger charge is -2.04. The van der Waals surface area contributed by atoms with Gasteiger partial charge in [0.1, 0.15) is 0 Å². The molecule has 0 saturated heterocycles. The van der Waals surface area contributed by atoms with Crippen LogP contribution >= 0.6 is 0 Å². The highest BCUT2D eigenvalue weighted by Crippen LogP contribution is 2.12. The van der Waals surface area contributed by atoms with E-state index in [1.807, 2.05) is 12.2 Å². The summed E-state index contributed by atoms with van der Waals surface area (Å²) < 4.78 is 0. The molecule has 0 aliphatic rings. The Kier molecular flexibility index (Phi) is 7.92. The Morgan fingerprint density at radius 1 is 1.43 bits per heavy atom. The normalized spacial score (nSPS) is 15.2. The van der Waals surface area contributed by atoms with E-state index in [4.69, 9.17) is 0 Å². The Morgan fingerprint density at radius 2 is 2.14 bits per heavy atom. The Morgan fingerprint density at radius 3 is 2.64 bits per heavy atom. The summed E-state index contributed by atoms with van der Waals surface area (Å²) in [5, 5.41) is 0. The van der Waals surface area contributed by atoms with Crippen molar-refractivity contribution in [3.8, 4) is 0 Å². The smallest absolute Gasteiger partial charge is 0.0222 e. The predicted octanol–water partition coefficient (Wildman–Crippen LogP) is 4.67. The Hall–Kier alpha value is -1.04. The van der Waals surface area contributed by atoms with Gasteiger partial charge >= 0.3 is 0 Å². The van der Waals surface area contributed by atoms with Crippen molar-refractivity contribution in [2.24, 2.45) is 5.92 Å². The minimum atomic E-state index is 0.621. The molecule has 0 N–H and O–H groups in total. The fraction of sp³-hybridized carbons (Fsp3) is 0.429. The quantitative estimate of drug-likeness (QED) is 0.422. The molecule has 0 amide bonds. The van der Waals surface area contributed by atoms with Crippen LogP contribution in [0.4, 0.5) is 0 Å². The van der Waals surface area contributed by atoms with Crippen molar-refractivity contribution in [2.75, 3.05) is 0 Å². The van der Waals surface area contributed by atoms with Gasteiger partial charge in [-0.15, -0.1) is 0 Å². The molecule has 0 heteroatoms. The van der Waals surface area contributed by atoms with Gasteiger partial charge in [-0.25, -0.2) is 0 Å². The minimum absolute atomic E-state index is 0.621. The van der Waals surface area contributed by atoms with Crippen LogP contribution in [0.5, 0.6) is 0 Å². The van der Waals surface area contributed by atoms with Crippen LogP contribution in [-0.4, -0.2) is 0 Å². The van der Waals surface area contributed by atoms with Crippen LogP contribution in [-0.2, 0) is 0 Å². The maximum Gasteiger partial charge on any atom is -0.0222 e. The summed E-state index contributed by atoms with van der Waals surface area (Å²) in [4.78, 5) is 0. The summed E-state index contributed by atoms with van der Waals surface area (Å²) in [7, 11) is 0. The summed E-state index contributed by atoms with van der Waals surface area (Å²) >= 11 is 0. The van der Waals surface area contributed by atoms with E-state index in [0.717, 1.165) is 12.8 Å². The zero-order valence-corrected chi connectivity index (χ0v) is 9.66. The molecule has 78 valence electrons. The van der Waals surface area contributed by atoms with Gasteiger partial charge in [0.25, 0.3) is 0 Å². The molecule has 0 aliphatic heterocycles. The van der Waals surface area contributed by atoms with Crippen LogP contribution in [0.3, 0.4) is 0 Å². The first-order valence-corrected chi connectivity index (χ1v) is 5.35. The second-order valence-electron chi connectivity index (χ2n) is 3.47. The molecule has 0 bridgehead atoms.